The molecular weight excluding hydrogens is 250 g/mol. The van der Waals surface area contributed by atoms with Crippen molar-refractivity contribution in [2.45, 2.75) is 71.0 Å². The van der Waals surface area contributed by atoms with Crippen molar-refractivity contribution in [3.8, 4) is 0 Å². The van der Waals surface area contributed by atoms with E-state index in [1.807, 2.05) is 0 Å². The van der Waals surface area contributed by atoms with Crippen LogP contribution in [0.2, 0.25) is 0 Å². The molecule has 3 N–H and O–H groups in total. The maximum Gasteiger partial charge on any atom is 0.237 e. The van der Waals surface area contributed by atoms with Gasteiger partial charge in [0.1, 0.15) is 0 Å². The van der Waals surface area contributed by atoms with Gasteiger partial charge in [-0.3, -0.25) is 9.69 Å². The van der Waals surface area contributed by atoms with E-state index in [-0.39, 0.29) is 5.91 Å². The molecule has 0 spiro atoms. The van der Waals surface area contributed by atoms with Gasteiger partial charge in [0.15, 0.2) is 0 Å². The second kappa shape index (κ2) is 6.02. The number of carbonyl (C=O) groups excluding carboxylic acids is 1. The number of hydrogen-bond donors (Lipinski definition) is 2. The van der Waals surface area contributed by atoms with Crippen LogP contribution in [0.5, 0.6) is 0 Å². The summed E-state index contributed by atoms with van der Waals surface area (Å²) in [6.07, 6.45) is 4.17. The van der Waals surface area contributed by atoms with E-state index >= 15 is 0 Å². The van der Waals surface area contributed by atoms with Gasteiger partial charge in [-0.1, -0.05) is 13.8 Å². The van der Waals surface area contributed by atoms with Gasteiger partial charge in [-0.15, -0.1) is 0 Å². The summed E-state index contributed by atoms with van der Waals surface area (Å²) in [7, 11) is 0. The molecule has 1 aliphatic heterocycles. The number of piperidine rings is 1. The van der Waals surface area contributed by atoms with E-state index in [9.17, 15) is 4.79 Å². The normalized spacial score (nSPS) is 39.4. The molecule has 1 heterocycles. The quantitative estimate of drug-likeness (QED) is 0.825. The number of hydrogen-bond acceptors (Lipinski definition) is 3. The van der Waals surface area contributed by atoms with Gasteiger partial charge >= 0.3 is 0 Å². The first-order valence-electron chi connectivity index (χ1n) is 8.14. The van der Waals surface area contributed by atoms with Gasteiger partial charge in [0.25, 0.3) is 0 Å². The third kappa shape index (κ3) is 3.34. The lowest BCUT2D eigenvalue weighted by Gasteiger charge is -2.39. The number of primary amides is 1. The summed E-state index contributed by atoms with van der Waals surface area (Å²) in [6.45, 7) is 11.2. The van der Waals surface area contributed by atoms with Crippen LogP contribution in [0.4, 0.5) is 0 Å². The monoisotopic (exact) mass is 281 g/mol. The van der Waals surface area contributed by atoms with Crippen molar-refractivity contribution in [3.63, 3.8) is 0 Å². The standard InChI is InChI=1S/C16H31N3O/c1-11(2)18-16(15(17)20)6-5-14(8-16)19-9-12(3)7-13(4)10-19/h11-14,18H,5-10H2,1-4H3,(H2,17,20). The zero-order valence-corrected chi connectivity index (χ0v) is 13.5. The van der Waals surface area contributed by atoms with Gasteiger partial charge < -0.3 is 11.1 Å². The molecule has 4 atom stereocenters. The largest absolute Gasteiger partial charge is 0.368 e. The molecule has 1 amide bonds. The van der Waals surface area contributed by atoms with Gasteiger partial charge in [0, 0.05) is 25.2 Å². The first-order chi connectivity index (χ1) is 9.32. The lowest BCUT2D eigenvalue weighted by Crippen LogP contribution is -2.57. The second-order valence-corrected chi connectivity index (χ2v) is 7.54. The molecule has 20 heavy (non-hydrogen) atoms. The summed E-state index contributed by atoms with van der Waals surface area (Å²) in [5.41, 5.74) is 5.22. The summed E-state index contributed by atoms with van der Waals surface area (Å²) in [5.74, 6) is 1.35. The Morgan fingerprint density at radius 3 is 2.40 bits per heavy atom. The molecule has 4 nitrogen and oxygen atoms in total. The van der Waals surface area contributed by atoms with Crippen molar-refractivity contribution in [2.75, 3.05) is 13.1 Å². The molecule has 0 bridgehead atoms. The highest BCUT2D eigenvalue weighted by Gasteiger charge is 2.46. The molecule has 1 saturated heterocycles. The fourth-order valence-corrected chi connectivity index (χ4v) is 4.32. The van der Waals surface area contributed by atoms with E-state index in [2.05, 4.69) is 37.9 Å². The molecule has 4 unspecified atom stereocenters. The first-order valence-corrected chi connectivity index (χ1v) is 8.14. The summed E-state index contributed by atoms with van der Waals surface area (Å²) in [4.78, 5) is 14.6. The Kier molecular flexibility index (Phi) is 4.75. The number of nitrogens with zero attached hydrogens (tertiary/aromatic N) is 1. The molecule has 0 aromatic rings. The summed E-state index contributed by atoms with van der Waals surface area (Å²) >= 11 is 0. The van der Waals surface area contributed by atoms with Crippen molar-refractivity contribution in [1.29, 1.82) is 0 Å². The molecule has 1 saturated carbocycles. The molecule has 2 rings (SSSR count). The highest BCUT2D eigenvalue weighted by atomic mass is 16.1. The highest BCUT2D eigenvalue weighted by molar-refractivity contribution is 5.85. The lowest BCUT2D eigenvalue weighted by molar-refractivity contribution is -0.124. The van der Waals surface area contributed by atoms with Gasteiger partial charge in [-0.25, -0.2) is 0 Å². The predicted octanol–water partition coefficient (Wildman–Crippen LogP) is 1.74. The Labute approximate surface area is 123 Å². The van der Waals surface area contributed by atoms with Crippen LogP contribution in [0.3, 0.4) is 0 Å². The molecule has 0 aromatic heterocycles. The molecule has 4 heteroatoms. The number of amides is 1. The van der Waals surface area contributed by atoms with Gasteiger partial charge in [-0.05, 0) is 51.4 Å². The minimum atomic E-state index is -0.483. The zero-order valence-electron chi connectivity index (χ0n) is 13.5. The van der Waals surface area contributed by atoms with E-state index in [1.165, 1.54) is 19.5 Å². The van der Waals surface area contributed by atoms with E-state index in [0.717, 1.165) is 31.1 Å². The van der Waals surface area contributed by atoms with E-state index < -0.39 is 5.54 Å². The van der Waals surface area contributed by atoms with Crippen LogP contribution < -0.4 is 11.1 Å². The van der Waals surface area contributed by atoms with Crippen molar-refractivity contribution in [3.05, 3.63) is 0 Å². The third-order valence-electron chi connectivity index (χ3n) is 4.94. The van der Waals surface area contributed by atoms with Crippen molar-refractivity contribution < 1.29 is 4.79 Å². The lowest BCUT2D eigenvalue weighted by atomic mass is 9.90. The van der Waals surface area contributed by atoms with E-state index in [4.69, 9.17) is 5.73 Å². The summed E-state index contributed by atoms with van der Waals surface area (Å²) < 4.78 is 0. The molecule has 2 aliphatic rings. The van der Waals surface area contributed by atoms with Crippen molar-refractivity contribution in [1.82, 2.24) is 10.2 Å². The number of carbonyl (C=O) groups is 1. The Balaban J connectivity index is 2.04. The van der Waals surface area contributed by atoms with Crippen molar-refractivity contribution in [2.24, 2.45) is 17.6 Å². The number of nitrogens with two attached hydrogens (primary N) is 1. The van der Waals surface area contributed by atoms with Crippen LogP contribution in [-0.4, -0.2) is 41.5 Å². The van der Waals surface area contributed by atoms with Gasteiger partial charge in [0.05, 0.1) is 5.54 Å². The average molecular weight is 281 g/mol. The Morgan fingerprint density at radius 2 is 1.90 bits per heavy atom. The molecule has 1 aliphatic carbocycles. The second-order valence-electron chi connectivity index (χ2n) is 7.54. The average Bonchev–Trinajstić information content (AvgIpc) is 2.72. The van der Waals surface area contributed by atoms with E-state index in [1.54, 1.807) is 0 Å². The smallest absolute Gasteiger partial charge is 0.237 e. The maximum atomic E-state index is 12.0. The summed E-state index contributed by atoms with van der Waals surface area (Å²) in [6, 6.07) is 0.805. The zero-order chi connectivity index (χ0) is 14.9. The highest BCUT2D eigenvalue weighted by Crippen LogP contribution is 2.36. The predicted molar refractivity (Wildman–Crippen MR) is 82.4 cm³/mol. The van der Waals surface area contributed by atoms with Crippen LogP contribution in [0.1, 0.15) is 53.4 Å². The topological polar surface area (TPSA) is 58.4 Å². The van der Waals surface area contributed by atoms with Gasteiger partial charge in [-0.2, -0.15) is 0 Å². The fraction of sp³-hybridized carbons (Fsp3) is 0.938. The van der Waals surface area contributed by atoms with Crippen LogP contribution >= 0.6 is 0 Å². The maximum absolute atomic E-state index is 12.0. The number of nitrogens with one attached hydrogen (secondary N) is 1. The minimum Gasteiger partial charge on any atom is -0.368 e. The molecule has 0 aromatic carbocycles. The third-order valence-corrected chi connectivity index (χ3v) is 4.94. The van der Waals surface area contributed by atoms with Crippen LogP contribution in [0.15, 0.2) is 0 Å². The van der Waals surface area contributed by atoms with Crippen LogP contribution in [0, 0.1) is 11.8 Å². The Morgan fingerprint density at radius 1 is 1.30 bits per heavy atom. The Hall–Kier alpha value is -0.610. The Bertz CT molecular complexity index is 348. The van der Waals surface area contributed by atoms with Crippen molar-refractivity contribution >= 4 is 5.91 Å². The van der Waals surface area contributed by atoms with Crippen LogP contribution in [-0.2, 0) is 4.79 Å². The first kappa shape index (κ1) is 15.8. The number of rotatable bonds is 4. The van der Waals surface area contributed by atoms with Crippen LogP contribution in [0.25, 0.3) is 0 Å². The minimum absolute atomic E-state index is 0.174. The van der Waals surface area contributed by atoms with E-state index in [0.29, 0.717) is 12.1 Å². The molecule has 2 fully saturated rings. The molecule has 0 radical (unpaired) electrons. The number of likely N-dealkylation sites (tertiary alicyclic amines) is 1. The summed E-state index contributed by atoms with van der Waals surface area (Å²) in [5, 5.41) is 3.44. The molecular formula is C16H31N3O. The SMILES string of the molecule is CC1CC(C)CN(C2CCC(NC(C)C)(C(N)=O)C2)C1. The molecule has 116 valence electrons. The fourth-order valence-electron chi connectivity index (χ4n) is 4.32. The van der Waals surface area contributed by atoms with Gasteiger partial charge in [0.2, 0.25) is 5.91 Å².